The summed E-state index contributed by atoms with van der Waals surface area (Å²) < 4.78 is 53.0. The normalized spacial score (nSPS) is 19.0. The lowest BCUT2D eigenvalue weighted by Gasteiger charge is -2.35. The number of halogens is 5. The molecule has 4 amide bonds. The second-order valence-corrected chi connectivity index (χ2v) is 16.0. The monoisotopic (exact) mass is 849 g/mol. The zero-order chi connectivity index (χ0) is 41.5. The molecule has 0 bridgehead atoms. The standard InChI is InChI=1S/C42H40Cl2F3N7O5/c1-23(43)41(57)53-15-13-52(14-16-53)39-28-20-30(44)35(37(47)38(28)48-22-49-39)36-31(46)4-2-5-33(36)59-17-3-10-51-11-8-24(9-12-51)26-18-25(45)19-27-29(26)21-54(42(27)58)32-6-7-34(55)50-40(32)56/h2,4-5,18-20,22,24,32H,1,3,6-17,21H2,(H,50,55,56). The number of benzene rings is 3. The fourth-order valence-corrected chi connectivity index (χ4v) is 9.12. The largest absolute Gasteiger partial charge is 0.493 e. The molecule has 308 valence electrons. The van der Waals surface area contributed by atoms with E-state index in [2.05, 4.69) is 26.8 Å². The maximum Gasteiger partial charge on any atom is 0.264 e. The van der Waals surface area contributed by atoms with Crippen LogP contribution in [0.4, 0.5) is 19.0 Å². The van der Waals surface area contributed by atoms with Crippen LogP contribution < -0.4 is 15.0 Å². The van der Waals surface area contributed by atoms with Crippen molar-refractivity contribution in [2.45, 2.75) is 50.6 Å². The van der Waals surface area contributed by atoms with Gasteiger partial charge >= 0.3 is 0 Å². The number of piperidine rings is 2. The second kappa shape index (κ2) is 16.8. The van der Waals surface area contributed by atoms with Crippen LogP contribution in [0.3, 0.4) is 0 Å². The first-order valence-electron chi connectivity index (χ1n) is 19.5. The van der Waals surface area contributed by atoms with Crippen LogP contribution >= 0.6 is 23.2 Å². The number of piperazine rings is 1. The molecule has 0 radical (unpaired) electrons. The van der Waals surface area contributed by atoms with Gasteiger partial charge in [-0.1, -0.05) is 35.8 Å². The van der Waals surface area contributed by atoms with Crippen molar-refractivity contribution >= 4 is 63.6 Å². The van der Waals surface area contributed by atoms with Gasteiger partial charge in [0.1, 0.15) is 41.1 Å². The van der Waals surface area contributed by atoms with Crippen LogP contribution in [0, 0.1) is 17.5 Å². The molecule has 0 aliphatic carbocycles. The maximum absolute atomic E-state index is 16.4. The average molecular weight is 851 g/mol. The zero-order valence-electron chi connectivity index (χ0n) is 31.9. The summed E-state index contributed by atoms with van der Waals surface area (Å²) in [5.41, 5.74) is 1.43. The molecule has 0 saturated carbocycles. The molecule has 1 atom stereocenters. The van der Waals surface area contributed by atoms with Crippen molar-refractivity contribution < 1.29 is 37.1 Å². The number of carbonyl (C=O) groups excluding carboxylic acids is 4. The van der Waals surface area contributed by atoms with Gasteiger partial charge in [-0.2, -0.15) is 0 Å². The topological polar surface area (TPSA) is 128 Å². The van der Waals surface area contributed by atoms with E-state index in [-0.39, 0.29) is 81.7 Å². The Labute approximate surface area is 347 Å². The predicted octanol–water partition coefficient (Wildman–Crippen LogP) is 6.18. The number of nitrogens with one attached hydrogen (secondary N) is 1. The summed E-state index contributed by atoms with van der Waals surface area (Å²) in [4.78, 5) is 65.6. The lowest BCUT2D eigenvalue weighted by Crippen LogP contribution is -2.52. The Kier molecular flexibility index (Phi) is 11.5. The van der Waals surface area contributed by atoms with Crippen LogP contribution in [0.1, 0.15) is 59.5 Å². The van der Waals surface area contributed by atoms with Crippen LogP contribution in [0.25, 0.3) is 22.0 Å². The second-order valence-electron chi connectivity index (χ2n) is 15.2. The Balaban J connectivity index is 0.902. The Hall–Kier alpha value is -5.25. The van der Waals surface area contributed by atoms with Gasteiger partial charge in [0.15, 0.2) is 5.82 Å². The van der Waals surface area contributed by atoms with Crippen LogP contribution in [-0.4, -0.2) is 107 Å². The first kappa shape index (κ1) is 40.5. The van der Waals surface area contributed by atoms with Crippen molar-refractivity contribution in [3.05, 3.63) is 93.5 Å². The summed E-state index contributed by atoms with van der Waals surface area (Å²) in [5, 5.41) is 2.52. The number of anilines is 1. The van der Waals surface area contributed by atoms with Crippen LogP contribution in [0.5, 0.6) is 5.75 Å². The number of carbonyl (C=O) groups is 4. The predicted molar refractivity (Wildman–Crippen MR) is 215 cm³/mol. The number of hydrogen-bond donors (Lipinski definition) is 1. The summed E-state index contributed by atoms with van der Waals surface area (Å²) >= 11 is 12.5. The molecule has 1 unspecified atom stereocenters. The smallest absolute Gasteiger partial charge is 0.264 e. The molecule has 0 spiro atoms. The van der Waals surface area contributed by atoms with E-state index in [4.69, 9.17) is 27.9 Å². The van der Waals surface area contributed by atoms with E-state index >= 15 is 8.78 Å². The first-order chi connectivity index (χ1) is 28.4. The van der Waals surface area contributed by atoms with Gasteiger partial charge in [0, 0.05) is 62.2 Å². The Morgan fingerprint density at radius 2 is 1.73 bits per heavy atom. The van der Waals surface area contributed by atoms with E-state index < -0.39 is 35.3 Å². The number of amides is 4. The third-order valence-electron chi connectivity index (χ3n) is 11.7. The lowest BCUT2D eigenvalue weighted by atomic mass is 9.85. The fraction of sp³-hybridized carbons (Fsp3) is 0.381. The van der Waals surface area contributed by atoms with Gasteiger partial charge in [0.2, 0.25) is 11.8 Å². The highest BCUT2D eigenvalue weighted by molar-refractivity contribution is 6.41. The highest BCUT2D eigenvalue weighted by Crippen LogP contribution is 2.43. The van der Waals surface area contributed by atoms with Gasteiger partial charge in [-0.25, -0.2) is 23.1 Å². The molecule has 1 aromatic heterocycles. The van der Waals surface area contributed by atoms with Crippen molar-refractivity contribution in [3.8, 4) is 16.9 Å². The van der Waals surface area contributed by atoms with Gasteiger partial charge in [-0.05, 0) is 86.1 Å². The molecule has 12 nitrogen and oxygen atoms in total. The Morgan fingerprint density at radius 1 is 0.966 bits per heavy atom. The van der Waals surface area contributed by atoms with E-state index in [1.54, 1.807) is 11.0 Å². The van der Waals surface area contributed by atoms with Crippen molar-refractivity contribution in [1.29, 1.82) is 0 Å². The Bertz CT molecular complexity index is 2390. The van der Waals surface area contributed by atoms with E-state index in [1.807, 2.05) is 4.90 Å². The fourth-order valence-electron chi connectivity index (χ4n) is 8.71. The summed E-state index contributed by atoms with van der Waals surface area (Å²) in [6.07, 6.45) is 3.63. The van der Waals surface area contributed by atoms with E-state index in [1.165, 1.54) is 41.6 Å². The summed E-state index contributed by atoms with van der Waals surface area (Å²) in [6.45, 7) is 7.49. The van der Waals surface area contributed by atoms with Gasteiger partial charge < -0.3 is 24.3 Å². The maximum atomic E-state index is 16.4. The number of fused-ring (bicyclic) bond motifs is 2. The minimum absolute atomic E-state index is 0.0112. The molecule has 3 fully saturated rings. The highest BCUT2D eigenvalue weighted by atomic mass is 35.5. The summed E-state index contributed by atoms with van der Waals surface area (Å²) in [5.74, 6) is -3.11. The van der Waals surface area contributed by atoms with Gasteiger partial charge in [-0.15, -0.1) is 0 Å². The number of ether oxygens (including phenoxy) is 1. The number of rotatable bonds is 10. The van der Waals surface area contributed by atoms with E-state index in [0.29, 0.717) is 63.4 Å². The van der Waals surface area contributed by atoms with Crippen molar-refractivity contribution in [3.63, 3.8) is 0 Å². The van der Waals surface area contributed by atoms with E-state index in [0.717, 1.165) is 24.0 Å². The minimum Gasteiger partial charge on any atom is -0.493 e. The minimum atomic E-state index is -0.821. The Morgan fingerprint density at radius 3 is 2.46 bits per heavy atom. The third-order valence-corrected chi connectivity index (χ3v) is 12.1. The van der Waals surface area contributed by atoms with Crippen LogP contribution in [0.2, 0.25) is 5.02 Å². The molecule has 4 aromatic rings. The molecule has 17 heteroatoms. The molecule has 5 heterocycles. The van der Waals surface area contributed by atoms with Gasteiger partial charge in [0.05, 0.1) is 22.2 Å². The third kappa shape index (κ3) is 7.95. The van der Waals surface area contributed by atoms with Gasteiger partial charge in [0.25, 0.3) is 11.8 Å². The van der Waals surface area contributed by atoms with E-state index in [9.17, 15) is 23.6 Å². The molecule has 4 aliphatic rings. The van der Waals surface area contributed by atoms with Crippen LogP contribution in [0.15, 0.2) is 54.3 Å². The molecule has 59 heavy (non-hydrogen) atoms. The van der Waals surface area contributed by atoms with Crippen molar-refractivity contribution in [1.82, 2.24) is 30.0 Å². The van der Waals surface area contributed by atoms with Crippen LogP contribution in [-0.2, 0) is 20.9 Å². The highest BCUT2D eigenvalue weighted by Gasteiger charge is 2.41. The number of aromatic nitrogens is 2. The van der Waals surface area contributed by atoms with Gasteiger partial charge in [-0.3, -0.25) is 24.5 Å². The molecule has 3 saturated heterocycles. The molecule has 8 rings (SSSR count). The first-order valence-corrected chi connectivity index (χ1v) is 20.3. The quantitative estimate of drug-likeness (QED) is 0.113. The summed E-state index contributed by atoms with van der Waals surface area (Å²) in [6, 6.07) is 7.73. The van der Waals surface area contributed by atoms with Crippen molar-refractivity contribution in [2.75, 3.05) is 57.3 Å². The lowest BCUT2D eigenvalue weighted by molar-refractivity contribution is -0.137. The number of imide groups is 1. The number of hydrogen-bond acceptors (Lipinski definition) is 9. The molecule has 4 aliphatic heterocycles. The molecular weight excluding hydrogens is 810 g/mol. The molecule has 1 N–H and O–H groups in total. The molecular formula is C42H40Cl2F3N7O5. The SMILES string of the molecule is C=C(Cl)C(=O)N1CCN(c2ncnc3c(F)c(-c4c(F)cccc4OCCCN4CCC(c5cc(F)cc6c5CN(C5CCC(=O)NC5=O)C6=O)CC4)c(Cl)cc23)CC1. The average Bonchev–Trinajstić information content (AvgIpc) is 3.54. The number of nitrogens with zero attached hydrogens (tertiary/aromatic N) is 6. The summed E-state index contributed by atoms with van der Waals surface area (Å²) in [7, 11) is 0. The number of likely N-dealkylation sites (tertiary alicyclic amines) is 1. The van der Waals surface area contributed by atoms with Crippen molar-refractivity contribution in [2.24, 2.45) is 0 Å². The molecule has 3 aromatic carbocycles. The zero-order valence-corrected chi connectivity index (χ0v) is 33.4.